The van der Waals surface area contributed by atoms with Crippen molar-refractivity contribution >= 4 is 11.4 Å². The van der Waals surface area contributed by atoms with Crippen LogP contribution in [0.3, 0.4) is 0 Å². The van der Waals surface area contributed by atoms with Crippen molar-refractivity contribution in [2.24, 2.45) is 0 Å². The van der Waals surface area contributed by atoms with E-state index in [1.165, 1.54) is 18.2 Å². The Labute approximate surface area is 124 Å². The minimum Gasteiger partial charge on any atom is -0.342 e. The third-order valence-electron chi connectivity index (χ3n) is 3.34. The first kappa shape index (κ1) is 15.4. The fourth-order valence-electron chi connectivity index (χ4n) is 2.15. The summed E-state index contributed by atoms with van der Waals surface area (Å²) in [5.41, 5.74) is 2.13. The van der Waals surface area contributed by atoms with E-state index >= 15 is 0 Å². The van der Waals surface area contributed by atoms with Crippen molar-refractivity contribution in [3.63, 3.8) is 0 Å². The third-order valence-corrected chi connectivity index (χ3v) is 3.34. The van der Waals surface area contributed by atoms with Gasteiger partial charge in [0.1, 0.15) is 11.6 Å². The highest BCUT2D eigenvalue weighted by atomic mass is 19.1. The van der Waals surface area contributed by atoms with Crippen molar-refractivity contribution in [3.8, 4) is 0 Å². The van der Waals surface area contributed by atoms with Gasteiger partial charge in [-0.3, -0.25) is 0 Å². The molecule has 2 aromatic carbocycles. The van der Waals surface area contributed by atoms with Gasteiger partial charge in [0.15, 0.2) is 0 Å². The third kappa shape index (κ3) is 4.02. The molecule has 2 aromatic rings. The Balaban J connectivity index is 2.14. The van der Waals surface area contributed by atoms with Gasteiger partial charge in [-0.25, -0.2) is 8.78 Å². The Bertz CT molecular complexity index is 582. The highest BCUT2D eigenvalue weighted by Gasteiger charge is 2.10. The first-order valence-electron chi connectivity index (χ1n) is 7.10. The molecule has 0 bridgehead atoms. The SMILES string of the molecule is CCCNCc1ccc(N(C)c2ccc(F)cc2)c(F)c1. The second-order valence-corrected chi connectivity index (χ2v) is 5.00. The van der Waals surface area contributed by atoms with Crippen LogP contribution in [0.15, 0.2) is 42.5 Å². The van der Waals surface area contributed by atoms with E-state index in [1.54, 1.807) is 30.1 Å². The summed E-state index contributed by atoms with van der Waals surface area (Å²) in [5.74, 6) is -0.581. The lowest BCUT2D eigenvalue weighted by atomic mass is 10.1. The summed E-state index contributed by atoms with van der Waals surface area (Å²) in [6, 6.07) is 11.2. The molecule has 0 unspecified atom stereocenters. The van der Waals surface area contributed by atoms with Crippen LogP contribution < -0.4 is 10.2 Å². The molecule has 0 aliphatic heterocycles. The topological polar surface area (TPSA) is 15.3 Å². The van der Waals surface area contributed by atoms with E-state index in [-0.39, 0.29) is 11.6 Å². The van der Waals surface area contributed by atoms with Crippen LogP contribution in [0.2, 0.25) is 0 Å². The molecule has 0 spiro atoms. The lowest BCUT2D eigenvalue weighted by Crippen LogP contribution is -2.15. The highest BCUT2D eigenvalue weighted by Crippen LogP contribution is 2.27. The van der Waals surface area contributed by atoms with Crippen molar-refractivity contribution in [2.75, 3.05) is 18.5 Å². The van der Waals surface area contributed by atoms with Crippen LogP contribution in [-0.2, 0) is 6.54 Å². The molecule has 0 atom stereocenters. The molecule has 2 rings (SSSR count). The zero-order chi connectivity index (χ0) is 15.2. The Morgan fingerprint density at radius 3 is 2.38 bits per heavy atom. The van der Waals surface area contributed by atoms with Crippen LogP contribution in [0.4, 0.5) is 20.2 Å². The number of halogens is 2. The van der Waals surface area contributed by atoms with Crippen LogP contribution in [0.1, 0.15) is 18.9 Å². The summed E-state index contributed by atoms with van der Waals surface area (Å²) in [6.45, 7) is 3.67. The first-order valence-corrected chi connectivity index (χ1v) is 7.10. The zero-order valence-electron chi connectivity index (χ0n) is 12.4. The van der Waals surface area contributed by atoms with Crippen molar-refractivity contribution in [3.05, 3.63) is 59.7 Å². The molecule has 0 aromatic heterocycles. The van der Waals surface area contributed by atoms with Gasteiger partial charge in [0, 0.05) is 19.3 Å². The average molecular weight is 290 g/mol. The number of nitrogens with one attached hydrogen (secondary N) is 1. The molecule has 2 nitrogen and oxygen atoms in total. The minimum atomic E-state index is -0.301. The maximum absolute atomic E-state index is 14.2. The lowest BCUT2D eigenvalue weighted by Gasteiger charge is -2.20. The number of rotatable bonds is 6. The smallest absolute Gasteiger partial charge is 0.147 e. The molecule has 0 fully saturated rings. The number of nitrogens with zero attached hydrogens (tertiary/aromatic N) is 1. The van der Waals surface area contributed by atoms with Gasteiger partial charge in [0.2, 0.25) is 0 Å². The van der Waals surface area contributed by atoms with Crippen LogP contribution in [0.5, 0.6) is 0 Å². The molecule has 0 heterocycles. The van der Waals surface area contributed by atoms with Crippen LogP contribution in [0.25, 0.3) is 0 Å². The maximum atomic E-state index is 14.2. The predicted octanol–water partition coefficient (Wildman–Crippen LogP) is 4.23. The van der Waals surface area contributed by atoms with Gasteiger partial charge >= 0.3 is 0 Å². The standard InChI is InChI=1S/C17H20F2N2/c1-3-10-20-12-13-4-9-17(16(19)11-13)21(2)15-7-5-14(18)6-8-15/h4-9,11,20H,3,10,12H2,1-2H3. The largest absolute Gasteiger partial charge is 0.342 e. The van der Waals surface area contributed by atoms with Gasteiger partial charge in [0.05, 0.1) is 5.69 Å². The van der Waals surface area contributed by atoms with Gasteiger partial charge in [-0.1, -0.05) is 13.0 Å². The molecule has 0 aliphatic carbocycles. The van der Waals surface area contributed by atoms with E-state index in [4.69, 9.17) is 0 Å². The predicted molar refractivity (Wildman–Crippen MR) is 82.9 cm³/mol. The van der Waals surface area contributed by atoms with Gasteiger partial charge in [-0.15, -0.1) is 0 Å². The summed E-state index contributed by atoms with van der Waals surface area (Å²) < 4.78 is 27.2. The van der Waals surface area contributed by atoms with E-state index in [0.29, 0.717) is 12.2 Å². The molecule has 1 N–H and O–H groups in total. The maximum Gasteiger partial charge on any atom is 0.147 e. The summed E-state index contributed by atoms with van der Waals surface area (Å²) in [6.07, 6.45) is 1.05. The van der Waals surface area contributed by atoms with Crippen molar-refractivity contribution in [1.29, 1.82) is 0 Å². The van der Waals surface area contributed by atoms with E-state index in [1.807, 2.05) is 6.07 Å². The number of anilines is 2. The summed E-state index contributed by atoms with van der Waals surface area (Å²) in [4.78, 5) is 1.71. The van der Waals surface area contributed by atoms with Gasteiger partial charge in [0.25, 0.3) is 0 Å². The summed E-state index contributed by atoms with van der Waals surface area (Å²) in [5, 5.41) is 3.24. The molecule has 0 saturated heterocycles. The number of benzene rings is 2. The number of hydrogen-bond acceptors (Lipinski definition) is 2. The fourth-order valence-corrected chi connectivity index (χ4v) is 2.15. The van der Waals surface area contributed by atoms with E-state index < -0.39 is 0 Å². The Morgan fingerprint density at radius 2 is 1.76 bits per heavy atom. The molecule has 0 amide bonds. The fraction of sp³-hybridized carbons (Fsp3) is 0.294. The normalized spacial score (nSPS) is 10.7. The van der Waals surface area contributed by atoms with Gasteiger partial charge in [-0.2, -0.15) is 0 Å². The van der Waals surface area contributed by atoms with E-state index in [2.05, 4.69) is 12.2 Å². The molecule has 4 heteroatoms. The second-order valence-electron chi connectivity index (χ2n) is 5.00. The number of hydrogen-bond donors (Lipinski definition) is 1. The van der Waals surface area contributed by atoms with Crippen LogP contribution in [0, 0.1) is 11.6 Å². The first-order chi connectivity index (χ1) is 10.1. The summed E-state index contributed by atoms with van der Waals surface area (Å²) >= 11 is 0. The summed E-state index contributed by atoms with van der Waals surface area (Å²) in [7, 11) is 1.76. The Hall–Kier alpha value is -1.94. The molecule has 0 saturated carbocycles. The average Bonchev–Trinajstić information content (AvgIpc) is 2.48. The van der Waals surface area contributed by atoms with Crippen LogP contribution >= 0.6 is 0 Å². The van der Waals surface area contributed by atoms with Crippen molar-refractivity contribution in [1.82, 2.24) is 5.32 Å². The molecule has 112 valence electrons. The Kier molecular flexibility index (Phi) is 5.28. The van der Waals surface area contributed by atoms with Crippen molar-refractivity contribution < 1.29 is 8.78 Å². The monoisotopic (exact) mass is 290 g/mol. The van der Waals surface area contributed by atoms with Crippen LogP contribution in [-0.4, -0.2) is 13.6 Å². The molecule has 0 radical (unpaired) electrons. The van der Waals surface area contributed by atoms with E-state index in [0.717, 1.165) is 24.2 Å². The molecular formula is C17H20F2N2. The van der Waals surface area contributed by atoms with Gasteiger partial charge < -0.3 is 10.2 Å². The quantitative estimate of drug-likeness (QED) is 0.801. The lowest BCUT2D eigenvalue weighted by molar-refractivity contribution is 0.619. The second kappa shape index (κ2) is 7.18. The molecule has 21 heavy (non-hydrogen) atoms. The van der Waals surface area contributed by atoms with E-state index in [9.17, 15) is 8.78 Å². The Morgan fingerprint density at radius 1 is 1.05 bits per heavy atom. The molecule has 0 aliphatic rings. The minimum absolute atomic E-state index is 0.280. The zero-order valence-corrected chi connectivity index (χ0v) is 12.4. The molecular weight excluding hydrogens is 270 g/mol. The highest BCUT2D eigenvalue weighted by molar-refractivity contribution is 5.63. The van der Waals surface area contributed by atoms with Gasteiger partial charge in [-0.05, 0) is 54.9 Å². The van der Waals surface area contributed by atoms with Crippen molar-refractivity contribution in [2.45, 2.75) is 19.9 Å².